The van der Waals surface area contributed by atoms with E-state index in [9.17, 15) is 9.59 Å². The predicted molar refractivity (Wildman–Crippen MR) is 62.6 cm³/mol. The van der Waals surface area contributed by atoms with Crippen LogP contribution in [0.25, 0.3) is 0 Å². The zero-order chi connectivity index (χ0) is 12.8. The van der Waals surface area contributed by atoms with E-state index in [4.69, 9.17) is 9.84 Å². The number of nitrogens with zero attached hydrogens (tertiary/aromatic N) is 1. The third-order valence-corrected chi connectivity index (χ3v) is 3.21. The number of carboxylic acids is 1. The van der Waals surface area contributed by atoms with Crippen LogP contribution in [0.2, 0.25) is 0 Å². The zero-order valence-electron chi connectivity index (χ0n) is 10.5. The van der Waals surface area contributed by atoms with Crippen molar-refractivity contribution in [2.75, 3.05) is 26.3 Å². The molecule has 1 N–H and O–H groups in total. The average Bonchev–Trinajstić information content (AvgIpc) is 2.65. The molecule has 0 aromatic carbocycles. The van der Waals surface area contributed by atoms with Crippen molar-refractivity contribution < 1.29 is 19.4 Å². The Balaban J connectivity index is 2.36. The molecule has 1 saturated heterocycles. The minimum absolute atomic E-state index is 0.0572. The maximum Gasteiger partial charge on any atom is 0.303 e. The molecule has 0 spiro atoms. The molecule has 0 unspecified atom stereocenters. The summed E-state index contributed by atoms with van der Waals surface area (Å²) in [6, 6.07) is 0. The molecule has 0 radical (unpaired) electrons. The van der Waals surface area contributed by atoms with Crippen molar-refractivity contribution in [3.63, 3.8) is 0 Å². The smallest absolute Gasteiger partial charge is 0.303 e. The van der Waals surface area contributed by atoms with Crippen LogP contribution in [0.1, 0.15) is 26.7 Å². The lowest BCUT2D eigenvalue weighted by atomic mass is 9.99. The van der Waals surface area contributed by atoms with Gasteiger partial charge in [-0.15, -0.1) is 0 Å². The fourth-order valence-electron chi connectivity index (χ4n) is 2.10. The summed E-state index contributed by atoms with van der Waals surface area (Å²) in [4.78, 5) is 23.9. The normalized spacial score (nSPS) is 24.0. The average molecular weight is 243 g/mol. The molecule has 0 aromatic rings. The number of hydrogen-bond acceptors (Lipinski definition) is 3. The Morgan fingerprint density at radius 1 is 1.35 bits per heavy atom. The van der Waals surface area contributed by atoms with Crippen molar-refractivity contribution in [1.29, 1.82) is 0 Å². The molecule has 0 saturated carbocycles. The molecule has 0 aromatic heterocycles. The lowest BCUT2D eigenvalue weighted by molar-refractivity contribution is -0.140. The van der Waals surface area contributed by atoms with Gasteiger partial charge >= 0.3 is 5.97 Å². The molecule has 5 nitrogen and oxygen atoms in total. The number of rotatable bonds is 6. The van der Waals surface area contributed by atoms with Crippen molar-refractivity contribution in [1.82, 2.24) is 4.90 Å². The van der Waals surface area contributed by atoms with E-state index in [0.717, 1.165) is 6.54 Å². The van der Waals surface area contributed by atoms with E-state index in [-0.39, 0.29) is 18.7 Å². The summed E-state index contributed by atoms with van der Waals surface area (Å²) >= 11 is 0. The number of carboxylic acid groups (broad SMARTS) is 1. The molecule has 98 valence electrons. The van der Waals surface area contributed by atoms with Crippen LogP contribution in [0.3, 0.4) is 0 Å². The fraction of sp³-hybridized carbons (Fsp3) is 0.833. The first-order valence-electron chi connectivity index (χ1n) is 6.11. The first-order chi connectivity index (χ1) is 8.04. The third kappa shape index (κ3) is 4.34. The molecule has 0 aliphatic carbocycles. The van der Waals surface area contributed by atoms with Gasteiger partial charge in [0.2, 0.25) is 5.91 Å². The predicted octanol–water partition coefficient (Wildman–Crippen LogP) is 0.982. The Morgan fingerprint density at radius 3 is 2.65 bits per heavy atom. The van der Waals surface area contributed by atoms with Crippen molar-refractivity contribution in [2.45, 2.75) is 26.7 Å². The highest BCUT2D eigenvalue weighted by Crippen LogP contribution is 2.23. The van der Waals surface area contributed by atoms with Gasteiger partial charge in [0.15, 0.2) is 0 Å². The number of carbonyl (C=O) groups is 2. The van der Waals surface area contributed by atoms with Crippen LogP contribution in [-0.4, -0.2) is 48.2 Å². The first-order valence-corrected chi connectivity index (χ1v) is 6.11. The van der Waals surface area contributed by atoms with Gasteiger partial charge in [-0.1, -0.05) is 6.92 Å². The fourth-order valence-corrected chi connectivity index (χ4v) is 2.10. The van der Waals surface area contributed by atoms with Crippen LogP contribution >= 0.6 is 0 Å². The molecular formula is C12H21NO4. The number of hydrogen-bond donors (Lipinski definition) is 1. The number of carbonyl (C=O) groups excluding carboxylic acids is 1. The highest BCUT2D eigenvalue weighted by molar-refractivity contribution is 5.80. The van der Waals surface area contributed by atoms with Crippen molar-refractivity contribution >= 4 is 11.9 Å². The highest BCUT2D eigenvalue weighted by Gasteiger charge is 2.32. The van der Waals surface area contributed by atoms with Gasteiger partial charge in [-0.25, -0.2) is 0 Å². The number of aliphatic carboxylic acids is 1. The molecule has 1 amide bonds. The monoisotopic (exact) mass is 243 g/mol. The van der Waals surface area contributed by atoms with Gasteiger partial charge in [-0.2, -0.15) is 0 Å². The van der Waals surface area contributed by atoms with Gasteiger partial charge in [0.05, 0.1) is 13.0 Å². The molecular weight excluding hydrogens is 222 g/mol. The van der Waals surface area contributed by atoms with E-state index >= 15 is 0 Å². The SMILES string of the molecule is CCOC[C@@H]1CN(C(=O)CCC(=O)O)C[C@@H]1C. The number of likely N-dealkylation sites (tertiary alicyclic amines) is 1. The van der Waals surface area contributed by atoms with Crippen LogP contribution in [0.4, 0.5) is 0 Å². The second kappa shape index (κ2) is 6.59. The Bertz CT molecular complexity index is 280. The van der Waals surface area contributed by atoms with Crippen LogP contribution in [0, 0.1) is 11.8 Å². The van der Waals surface area contributed by atoms with E-state index in [1.54, 1.807) is 4.90 Å². The van der Waals surface area contributed by atoms with Crippen molar-refractivity contribution in [3.05, 3.63) is 0 Å². The quantitative estimate of drug-likeness (QED) is 0.755. The summed E-state index contributed by atoms with van der Waals surface area (Å²) in [5.41, 5.74) is 0. The van der Waals surface area contributed by atoms with Gasteiger partial charge in [0, 0.05) is 32.0 Å². The Hall–Kier alpha value is -1.10. The Kier molecular flexibility index (Phi) is 5.41. The summed E-state index contributed by atoms with van der Waals surface area (Å²) in [5.74, 6) is -0.172. The lowest BCUT2D eigenvalue weighted by Gasteiger charge is -2.15. The number of amides is 1. The molecule has 1 heterocycles. The van der Waals surface area contributed by atoms with Gasteiger partial charge in [0.25, 0.3) is 0 Å². The van der Waals surface area contributed by atoms with Crippen LogP contribution in [0.15, 0.2) is 0 Å². The van der Waals surface area contributed by atoms with Crippen LogP contribution in [-0.2, 0) is 14.3 Å². The standard InChI is InChI=1S/C12H21NO4/c1-3-17-8-10-7-13(6-9(10)2)11(14)4-5-12(15)16/h9-10H,3-8H2,1-2H3,(H,15,16)/t9-,10-/m0/s1. The summed E-state index contributed by atoms with van der Waals surface area (Å²) in [6.45, 7) is 6.84. The summed E-state index contributed by atoms with van der Waals surface area (Å²) in [6.07, 6.45) is 0.0171. The maximum atomic E-state index is 11.7. The molecule has 1 rings (SSSR count). The van der Waals surface area contributed by atoms with E-state index in [1.165, 1.54) is 0 Å². The third-order valence-electron chi connectivity index (χ3n) is 3.21. The molecule has 1 aliphatic heterocycles. The van der Waals surface area contributed by atoms with E-state index < -0.39 is 5.97 Å². The van der Waals surface area contributed by atoms with Crippen molar-refractivity contribution in [3.8, 4) is 0 Å². The van der Waals surface area contributed by atoms with Crippen LogP contribution in [0.5, 0.6) is 0 Å². The molecule has 1 aliphatic rings. The zero-order valence-corrected chi connectivity index (χ0v) is 10.5. The van der Waals surface area contributed by atoms with E-state index in [0.29, 0.717) is 31.6 Å². The lowest BCUT2D eigenvalue weighted by Crippen LogP contribution is -2.29. The first kappa shape index (κ1) is 14.0. The Labute approximate surface area is 102 Å². The topological polar surface area (TPSA) is 66.8 Å². The van der Waals surface area contributed by atoms with Crippen LogP contribution < -0.4 is 0 Å². The summed E-state index contributed by atoms with van der Waals surface area (Å²) in [5, 5.41) is 8.53. The summed E-state index contributed by atoms with van der Waals surface area (Å²) < 4.78 is 5.38. The Morgan fingerprint density at radius 2 is 2.06 bits per heavy atom. The largest absolute Gasteiger partial charge is 0.481 e. The van der Waals surface area contributed by atoms with E-state index in [2.05, 4.69) is 6.92 Å². The van der Waals surface area contributed by atoms with Crippen molar-refractivity contribution in [2.24, 2.45) is 11.8 Å². The van der Waals surface area contributed by atoms with Gasteiger partial charge in [0.1, 0.15) is 0 Å². The molecule has 5 heteroatoms. The minimum Gasteiger partial charge on any atom is -0.481 e. The molecule has 17 heavy (non-hydrogen) atoms. The second-order valence-electron chi connectivity index (χ2n) is 4.59. The van der Waals surface area contributed by atoms with Gasteiger partial charge < -0.3 is 14.7 Å². The van der Waals surface area contributed by atoms with Gasteiger partial charge in [-0.05, 0) is 12.8 Å². The highest BCUT2D eigenvalue weighted by atomic mass is 16.5. The maximum absolute atomic E-state index is 11.7. The molecule has 0 bridgehead atoms. The molecule has 1 fully saturated rings. The second-order valence-corrected chi connectivity index (χ2v) is 4.59. The van der Waals surface area contributed by atoms with Gasteiger partial charge in [-0.3, -0.25) is 9.59 Å². The minimum atomic E-state index is -0.920. The van der Waals surface area contributed by atoms with E-state index in [1.807, 2.05) is 6.92 Å². The summed E-state index contributed by atoms with van der Waals surface area (Å²) in [7, 11) is 0. The number of ether oxygens (including phenoxy) is 1. The molecule has 2 atom stereocenters.